The first-order valence-electron chi connectivity index (χ1n) is 5.71. The van der Waals surface area contributed by atoms with Crippen LogP contribution in [0.1, 0.15) is 30.0 Å². The summed E-state index contributed by atoms with van der Waals surface area (Å²) in [4.78, 5) is 0. The van der Waals surface area contributed by atoms with Gasteiger partial charge in [-0.15, -0.1) is 0 Å². The van der Waals surface area contributed by atoms with Crippen molar-refractivity contribution in [2.75, 3.05) is 13.7 Å². The van der Waals surface area contributed by atoms with Crippen LogP contribution < -0.4 is 0 Å². The maximum atomic E-state index is 10.2. The quantitative estimate of drug-likeness (QED) is 0.830. The Hall–Kier alpha value is -0.860. The number of benzene rings is 1. The van der Waals surface area contributed by atoms with Crippen LogP contribution in [0.4, 0.5) is 0 Å². The van der Waals surface area contributed by atoms with Gasteiger partial charge >= 0.3 is 0 Å². The number of hydrogen-bond donors (Lipinski definition) is 1. The van der Waals surface area contributed by atoms with Crippen molar-refractivity contribution in [3.63, 3.8) is 0 Å². The van der Waals surface area contributed by atoms with Crippen LogP contribution in [-0.4, -0.2) is 24.4 Å². The number of aliphatic hydroxyl groups is 1. The van der Waals surface area contributed by atoms with Gasteiger partial charge in [0, 0.05) is 20.1 Å². The third kappa shape index (κ3) is 4.33. The summed E-state index contributed by atoms with van der Waals surface area (Å²) in [5.41, 5.74) is 3.00. The average molecular weight is 222 g/mol. The number of methoxy groups -OCH3 is 1. The topological polar surface area (TPSA) is 29.5 Å². The van der Waals surface area contributed by atoms with Crippen molar-refractivity contribution in [2.45, 2.75) is 39.2 Å². The van der Waals surface area contributed by atoms with Crippen LogP contribution in [0.3, 0.4) is 0 Å². The standard InChI is InChI=1S/C14H22O2/c1-11-7-12(2)9-13(8-11)10-14(3,15)5-6-16-4/h7-9,15H,5-6,10H2,1-4H3. The van der Waals surface area contributed by atoms with Crippen LogP contribution in [0.25, 0.3) is 0 Å². The molecule has 0 bridgehead atoms. The van der Waals surface area contributed by atoms with Gasteiger partial charge in [-0.25, -0.2) is 0 Å². The Bertz CT molecular complexity index is 322. The molecule has 0 amide bonds. The van der Waals surface area contributed by atoms with Gasteiger partial charge in [-0.1, -0.05) is 29.3 Å². The fourth-order valence-electron chi connectivity index (χ4n) is 2.02. The monoisotopic (exact) mass is 222 g/mol. The summed E-state index contributed by atoms with van der Waals surface area (Å²) < 4.78 is 5.00. The van der Waals surface area contributed by atoms with Crippen molar-refractivity contribution < 1.29 is 9.84 Å². The van der Waals surface area contributed by atoms with Gasteiger partial charge in [0.15, 0.2) is 0 Å². The van der Waals surface area contributed by atoms with E-state index in [-0.39, 0.29) is 0 Å². The van der Waals surface area contributed by atoms with Crippen molar-refractivity contribution in [3.8, 4) is 0 Å². The Morgan fingerprint density at radius 1 is 1.19 bits per heavy atom. The summed E-state index contributed by atoms with van der Waals surface area (Å²) in [7, 11) is 1.66. The van der Waals surface area contributed by atoms with E-state index in [0.29, 0.717) is 19.4 Å². The van der Waals surface area contributed by atoms with E-state index < -0.39 is 5.60 Å². The van der Waals surface area contributed by atoms with Gasteiger partial charge in [0.25, 0.3) is 0 Å². The van der Waals surface area contributed by atoms with Gasteiger partial charge in [0.2, 0.25) is 0 Å². The highest BCUT2D eigenvalue weighted by Gasteiger charge is 2.20. The molecule has 0 radical (unpaired) electrons. The SMILES string of the molecule is COCCC(C)(O)Cc1cc(C)cc(C)c1. The fourth-order valence-corrected chi connectivity index (χ4v) is 2.02. The zero-order valence-corrected chi connectivity index (χ0v) is 10.7. The largest absolute Gasteiger partial charge is 0.390 e. The van der Waals surface area contributed by atoms with Crippen molar-refractivity contribution in [1.29, 1.82) is 0 Å². The lowest BCUT2D eigenvalue weighted by Crippen LogP contribution is -2.28. The van der Waals surface area contributed by atoms with Gasteiger partial charge in [0.05, 0.1) is 5.60 Å². The molecule has 1 aromatic rings. The van der Waals surface area contributed by atoms with Gasteiger partial charge in [-0.05, 0) is 32.8 Å². The van der Waals surface area contributed by atoms with Crippen LogP contribution >= 0.6 is 0 Å². The van der Waals surface area contributed by atoms with E-state index in [1.54, 1.807) is 7.11 Å². The molecule has 0 saturated carbocycles. The summed E-state index contributed by atoms with van der Waals surface area (Å²) in [6.07, 6.45) is 1.34. The molecule has 2 nitrogen and oxygen atoms in total. The Balaban J connectivity index is 2.71. The molecule has 1 unspecified atom stereocenters. The Morgan fingerprint density at radius 2 is 1.75 bits per heavy atom. The van der Waals surface area contributed by atoms with Crippen molar-refractivity contribution >= 4 is 0 Å². The number of hydrogen-bond acceptors (Lipinski definition) is 2. The maximum Gasteiger partial charge on any atom is 0.0681 e. The molecular weight excluding hydrogens is 200 g/mol. The normalized spacial score (nSPS) is 14.8. The molecular formula is C14H22O2. The first-order valence-corrected chi connectivity index (χ1v) is 5.71. The lowest BCUT2D eigenvalue weighted by molar-refractivity contribution is 0.0249. The van der Waals surface area contributed by atoms with E-state index in [1.807, 2.05) is 6.92 Å². The van der Waals surface area contributed by atoms with Crippen LogP contribution in [0.5, 0.6) is 0 Å². The van der Waals surface area contributed by atoms with Crippen LogP contribution in [0, 0.1) is 13.8 Å². The number of ether oxygens (including phenoxy) is 1. The van der Waals surface area contributed by atoms with E-state index in [9.17, 15) is 5.11 Å². The summed E-state index contributed by atoms with van der Waals surface area (Å²) in [5.74, 6) is 0. The molecule has 0 aromatic heterocycles. The van der Waals surface area contributed by atoms with Crippen LogP contribution in [-0.2, 0) is 11.2 Å². The van der Waals surface area contributed by atoms with Gasteiger partial charge in [-0.2, -0.15) is 0 Å². The zero-order chi connectivity index (χ0) is 12.2. The van der Waals surface area contributed by atoms with E-state index >= 15 is 0 Å². The number of aryl methyl sites for hydroxylation is 2. The van der Waals surface area contributed by atoms with Crippen LogP contribution in [0.15, 0.2) is 18.2 Å². The van der Waals surface area contributed by atoms with Gasteiger partial charge in [0.1, 0.15) is 0 Å². The van der Waals surface area contributed by atoms with Crippen molar-refractivity contribution in [1.82, 2.24) is 0 Å². The third-order valence-electron chi connectivity index (χ3n) is 2.71. The predicted octanol–water partition coefficient (Wildman–Crippen LogP) is 2.63. The molecule has 90 valence electrons. The fraction of sp³-hybridized carbons (Fsp3) is 0.571. The minimum absolute atomic E-state index is 0.595. The average Bonchev–Trinajstić information content (AvgIpc) is 2.12. The lowest BCUT2D eigenvalue weighted by Gasteiger charge is -2.23. The smallest absolute Gasteiger partial charge is 0.0681 e. The number of rotatable bonds is 5. The van der Waals surface area contributed by atoms with E-state index in [1.165, 1.54) is 16.7 Å². The molecule has 2 heteroatoms. The van der Waals surface area contributed by atoms with Gasteiger partial charge in [-0.3, -0.25) is 0 Å². The zero-order valence-electron chi connectivity index (χ0n) is 10.7. The van der Waals surface area contributed by atoms with Crippen molar-refractivity contribution in [2.24, 2.45) is 0 Å². The minimum atomic E-state index is -0.684. The first-order chi connectivity index (χ1) is 7.43. The highest BCUT2D eigenvalue weighted by molar-refractivity contribution is 5.29. The van der Waals surface area contributed by atoms with Crippen molar-refractivity contribution in [3.05, 3.63) is 34.9 Å². The molecule has 1 aromatic carbocycles. The summed E-state index contributed by atoms with van der Waals surface area (Å²) in [6, 6.07) is 6.41. The molecule has 1 atom stereocenters. The Kier molecular flexibility index (Phi) is 4.51. The van der Waals surface area contributed by atoms with Gasteiger partial charge < -0.3 is 9.84 Å². The molecule has 0 aliphatic carbocycles. The van der Waals surface area contributed by atoms with E-state index in [0.717, 1.165) is 0 Å². The Morgan fingerprint density at radius 3 is 2.25 bits per heavy atom. The summed E-state index contributed by atoms with van der Waals surface area (Å²) >= 11 is 0. The molecule has 0 saturated heterocycles. The molecule has 0 aliphatic heterocycles. The summed E-state index contributed by atoms with van der Waals surface area (Å²) in [6.45, 7) is 6.63. The molecule has 16 heavy (non-hydrogen) atoms. The van der Waals surface area contributed by atoms with E-state index in [4.69, 9.17) is 4.74 Å². The molecule has 0 heterocycles. The van der Waals surface area contributed by atoms with Crippen LogP contribution in [0.2, 0.25) is 0 Å². The predicted molar refractivity (Wildman–Crippen MR) is 66.7 cm³/mol. The second kappa shape index (κ2) is 5.46. The highest BCUT2D eigenvalue weighted by Crippen LogP contribution is 2.19. The molecule has 1 rings (SSSR count). The second-order valence-electron chi connectivity index (χ2n) is 4.91. The molecule has 0 fully saturated rings. The minimum Gasteiger partial charge on any atom is -0.390 e. The molecule has 0 aliphatic rings. The molecule has 0 spiro atoms. The lowest BCUT2D eigenvalue weighted by atomic mass is 9.92. The van der Waals surface area contributed by atoms with E-state index in [2.05, 4.69) is 32.0 Å². The second-order valence-corrected chi connectivity index (χ2v) is 4.91. The highest BCUT2D eigenvalue weighted by atomic mass is 16.5. The Labute approximate surface area is 98.3 Å². The molecule has 1 N–H and O–H groups in total. The maximum absolute atomic E-state index is 10.2. The first kappa shape index (κ1) is 13.2. The summed E-state index contributed by atoms with van der Waals surface area (Å²) in [5, 5.41) is 10.2. The third-order valence-corrected chi connectivity index (χ3v) is 2.71.